The van der Waals surface area contributed by atoms with Crippen LogP contribution in [0.3, 0.4) is 0 Å². The van der Waals surface area contributed by atoms with Crippen LogP contribution in [0.1, 0.15) is 13.8 Å². The van der Waals surface area contributed by atoms with Crippen LogP contribution in [-0.4, -0.2) is 19.2 Å². The third-order valence-corrected chi connectivity index (χ3v) is 5.95. The fraction of sp³-hybridized carbons (Fsp3) is 0.625. The van der Waals surface area contributed by atoms with Crippen molar-refractivity contribution in [3.05, 3.63) is 12.2 Å². The van der Waals surface area contributed by atoms with E-state index in [4.69, 9.17) is 7.38 Å². The molecular weight excluding hydrogens is 345 g/mol. The summed E-state index contributed by atoms with van der Waals surface area (Å²) in [6.45, 7) is 3.43. The summed E-state index contributed by atoms with van der Waals surface area (Å²) in [6.07, 6.45) is 4.19. The molecule has 12 heavy (non-hydrogen) atoms. The van der Waals surface area contributed by atoms with Crippen molar-refractivity contribution in [2.75, 3.05) is 7.11 Å². The van der Waals surface area contributed by atoms with E-state index in [9.17, 15) is 4.79 Å². The normalized spacial score (nSPS) is 12.6. The molecule has 0 aliphatic carbocycles. The average molecular weight is 359 g/mol. The van der Waals surface area contributed by atoms with Crippen molar-refractivity contribution in [1.29, 1.82) is 0 Å². The van der Waals surface area contributed by atoms with Crippen molar-refractivity contribution < 1.29 is 37.2 Å². The summed E-state index contributed by atoms with van der Waals surface area (Å²) in [6, 6.07) is 0. The van der Waals surface area contributed by atoms with Gasteiger partial charge in [-0.25, -0.2) is 0 Å². The van der Waals surface area contributed by atoms with E-state index in [0.717, 1.165) is 3.93 Å². The molecule has 1 atom stereocenters. The Morgan fingerprint density at radius 1 is 1.67 bits per heavy atom. The monoisotopic (exact) mass is 360 g/mol. The Hall–Kier alpha value is 0.105. The van der Waals surface area contributed by atoms with Crippen LogP contribution >= 0.6 is 0 Å². The van der Waals surface area contributed by atoms with Crippen LogP contribution in [-0.2, 0) is 37.2 Å². The third-order valence-electron chi connectivity index (χ3n) is 1.37. The molecule has 0 radical (unpaired) electrons. The van der Waals surface area contributed by atoms with Crippen LogP contribution < -0.4 is 0 Å². The van der Waals surface area contributed by atoms with Gasteiger partial charge in [0.15, 0.2) is 0 Å². The molecule has 66 valence electrons. The fourth-order valence-electron chi connectivity index (χ4n) is 0.637. The van der Waals surface area contributed by atoms with E-state index >= 15 is 0 Å². The van der Waals surface area contributed by atoms with Gasteiger partial charge in [-0.05, 0) is 0 Å². The standard InChI is InChI=1S/C6H11O.C2H4O2.Hg/c1-4-5-6(2)7-3;1-2(3)4;/h4-6H,1H2,2-3H3;1H3,(H,3,4);/q;;+1/p-1/b5-4+;;. The van der Waals surface area contributed by atoms with Crippen molar-refractivity contribution in [1.82, 2.24) is 0 Å². The first kappa shape index (κ1) is 12.1. The van der Waals surface area contributed by atoms with Gasteiger partial charge in [0.05, 0.1) is 0 Å². The molecule has 0 spiro atoms. The van der Waals surface area contributed by atoms with Gasteiger partial charge in [0, 0.05) is 0 Å². The zero-order valence-electron chi connectivity index (χ0n) is 7.87. The van der Waals surface area contributed by atoms with Gasteiger partial charge in [0.25, 0.3) is 0 Å². The van der Waals surface area contributed by atoms with E-state index in [1.165, 1.54) is 6.92 Å². The van der Waals surface area contributed by atoms with Gasteiger partial charge >= 0.3 is 86.3 Å². The molecule has 0 aromatic rings. The summed E-state index contributed by atoms with van der Waals surface area (Å²) in [4.78, 5) is 10.4. The summed E-state index contributed by atoms with van der Waals surface area (Å²) >= 11 is -1.35. The molecular formula is C8H14HgO3. The Balaban J connectivity index is 3.30. The van der Waals surface area contributed by atoms with Crippen LogP contribution in [0.15, 0.2) is 12.2 Å². The molecule has 0 rings (SSSR count). The van der Waals surface area contributed by atoms with Gasteiger partial charge in [-0.1, -0.05) is 0 Å². The van der Waals surface area contributed by atoms with Crippen LogP contribution in [0.5, 0.6) is 0 Å². The molecule has 0 fully saturated rings. The SMILES string of the molecule is COC(C)/C=C/[CH2][Hg][O]C(C)=O. The molecule has 1 unspecified atom stereocenters. The Morgan fingerprint density at radius 3 is 2.83 bits per heavy atom. The zero-order valence-corrected chi connectivity index (χ0v) is 13.4. The van der Waals surface area contributed by atoms with Crippen LogP contribution in [0.2, 0.25) is 3.93 Å². The number of rotatable bonds is 5. The van der Waals surface area contributed by atoms with E-state index < -0.39 is 25.0 Å². The number of allylic oxidation sites excluding steroid dienone is 1. The van der Waals surface area contributed by atoms with Crippen molar-refractivity contribution in [2.45, 2.75) is 23.9 Å². The van der Waals surface area contributed by atoms with E-state index in [1.807, 2.05) is 19.1 Å². The molecule has 0 saturated carbocycles. The van der Waals surface area contributed by atoms with Gasteiger partial charge in [-0.3, -0.25) is 0 Å². The van der Waals surface area contributed by atoms with Gasteiger partial charge in [0.1, 0.15) is 0 Å². The van der Waals surface area contributed by atoms with E-state index in [2.05, 4.69) is 0 Å². The molecule has 0 bridgehead atoms. The molecule has 0 aromatic heterocycles. The Kier molecular flexibility index (Phi) is 7.81. The first-order valence-corrected chi connectivity index (χ1v) is 10.1. The number of methoxy groups -OCH3 is 1. The van der Waals surface area contributed by atoms with E-state index in [-0.39, 0.29) is 12.1 Å². The Morgan fingerprint density at radius 2 is 2.33 bits per heavy atom. The Bertz CT molecular complexity index is 156. The maximum atomic E-state index is 10.4. The quantitative estimate of drug-likeness (QED) is 0.425. The van der Waals surface area contributed by atoms with Crippen molar-refractivity contribution >= 4 is 5.97 Å². The van der Waals surface area contributed by atoms with E-state index in [1.54, 1.807) is 7.11 Å². The van der Waals surface area contributed by atoms with Crippen LogP contribution in [0.4, 0.5) is 0 Å². The summed E-state index contributed by atoms with van der Waals surface area (Å²) in [5.41, 5.74) is 0. The van der Waals surface area contributed by atoms with Crippen molar-refractivity contribution in [2.24, 2.45) is 0 Å². The first-order chi connectivity index (χ1) is 5.66. The fourth-order valence-corrected chi connectivity index (χ4v) is 3.49. The molecule has 0 N–H and O–H groups in total. The topological polar surface area (TPSA) is 35.5 Å². The van der Waals surface area contributed by atoms with Crippen molar-refractivity contribution in [3.63, 3.8) is 0 Å². The summed E-state index contributed by atoms with van der Waals surface area (Å²) in [5, 5.41) is 0. The second-order valence-electron chi connectivity index (χ2n) is 2.50. The molecule has 0 heterocycles. The van der Waals surface area contributed by atoms with Gasteiger partial charge < -0.3 is 0 Å². The minimum absolute atomic E-state index is 0.134. The number of hydrogen-bond acceptors (Lipinski definition) is 3. The number of carbonyl (C=O) groups excluding carboxylic acids is 1. The first-order valence-electron chi connectivity index (χ1n) is 3.99. The summed E-state index contributed by atoms with van der Waals surface area (Å²) < 4.78 is 10.9. The van der Waals surface area contributed by atoms with Crippen molar-refractivity contribution in [3.8, 4) is 0 Å². The second kappa shape index (κ2) is 7.74. The molecule has 0 aromatic carbocycles. The Labute approximate surface area is 86.2 Å². The molecule has 4 heteroatoms. The molecule has 0 aliphatic rings. The minimum atomic E-state index is -1.35. The summed E-state index contributed by atoms with van der Waals surface area (Å²) in [7, 11) is 1.67. The second-order valence-corrected chi connectivity index (χ2v) is 7.45. The van der Waals surface area contributed by atoms with Crippen LogP contribution in [0.25, 0.3) is 0 Å². The van der Waals surface area contributed by atoms with Crippen LogP contribution in [0, 0.1) is 0 Å². The third kappa shape index (κ3) is 8.20. The molecule has 0 amide bonds. The molecule has 3 nitrogen and oxygen atoms in total. The van der Waals surface area contributed by atoms with Gasteiger partial charge in [-0.2, -0.15) is 0 Å². The van der Waals surface area contributed by atoms with Gasteiger partial charge in [0.2, 0.25) is 0 Å². The van der Waals surface area contributed by atoms with Gasteiger partial charge in [-0.15, -0.1) is 0 Å². The number of ether oxygens (including phenoxy) is 1. The maximum absolute atomic E-state index is 10.4. The molecule has 0 aliphatic heterocycles. The number of carbonyl (C=O) groups is 1. The predicted molar refractivity (Wildman–Crippen MR) is 42.2 cm³/mol. The number of hydrogen-bond donors (Lipinski definition) is 0. The van der Waals surface area contributed by atoms with E-state index in [0.29, 0.717) is 0 Å². The average Bonchev–Trinajstić information content (AvgIpc) is 2.03. The zero-order chi connectivity index (χ0) is 9.40. The predicted octanol–water partition coefficient (Wildman–Crippen LogP) is 1.56. The summed E-state index contributed by atoms with van der Waals surface area (Å²) in [5.74, 6) is -0.134. The molecule has 0 saturated heterocycles.